The van der Waals surface area contributed by atoms with E-state index < -0.39 is 0 Å². The van der Waals surface area contributed by atoms with Gasteiger partial charge in [-0.05, 0) is 30.5 Å². The average Bonchev–Trinajstić information content (AvgIpc) is 2.26. The third kappa shape index (κ3) is 3.24. The molecule has 0 amide bonds. The van der Waals surface area contributed by atoms with Crippen molar-refractivity contribution in [2.24, 2.45) is 0 Å². The molecule has 0 saturated carbocycles. The first-order valence-corrected chi connectivity index (χ1v) is 5.63. The standard InChI is InChI=1S/C12H15ClO2/c1-2-9-5-6-12(15)10(8-9)11(14)4-3-7-13/h5-6,8,15H,2-4,7H2,1H3. The Kier molecular flexibility index (Phi) is 4.63. The SMILES string of the molecule is CCc1ccc(O)c(C(=O)CCCCl)c1. The van der Waals surface area contributed by atoms with Gasteiger partial charge in [-0.2, -0.15) is 0 Å². The van der Waals surface area contributed by atoms with Gasteiger partial charge in [0.05, 0.1) is 5.56 Å². The van der Waals surface area contributed by atoms with Crippen LogP contribution in [0.1, 0.15) is 35.7 Å². The molecule has 1 rings (SSSR count). The summed E-state index contributed by atoms with van der Waals surface area (Å²) in [6.45, 7) is 2.01. The molecule has 0 aliphatic heterocycles. The van der Waals surface area contributed by atoms with Gasteiger partial charge in [-0.1, -0.05) is 13.0 Å². The highest BCUT2D eigenvalue weighted by Crippen LogP contribution is 2.21. The Morgan fingerprint density at radius 3 is 2.80 bits per heavy atom. The normalized spacial score (nSPS) is 10.3. The van der Waals surface area contributed by atoms with Crippen molar-refractivity contribution in [1.82, 2.24) is 0 Å². The summed E-state index contributed by atoms with van der Waals surface area (Å²) >= 11 is 5.52. The third-order valence-electron chi connectivity index (χ3n) is 2.31. The molecule has 0 bridgehead atoms. The van der Waals surface area contributed by atoms with Crippen molar-refractivity contribution in [3.8, 4) is 5.75 Å². The van der Waals surface area contributed by atoms with Crippen molar-refractivity contribution in [3.63, 3.8) is 0 Å². The second-order valence-electron chi connectivity index (χ2n) is 3.42. The lowest BCUT2D eigenvalue weighted by Crippen LogP contribution is -2.00. The maximum atomic E-state index is 11.7. The quantitative estimate of drug-likeness (QED) is 0.619. The van der Waals surface area contributed by atoms with Crippen molar-refractivity contribution in [1.29, 1.82) is 0 Å². The number of phenols is 1. The first-order valence-electron chi connectivity index (χ1n) is 5.10. The van der Waals surface area contributed by atoms with Gasteiger partial charge in [0, 0.05) is 12.3 Å². The summed E-state index contributed by atoms with van der Waals surface area (Å²) in [5, 5.41) is 9.55. The molecule has 0 spiro atoms. The lowest BCUT2D eigenvalue weighted by molar-refractivity contribution is 0.0979. The maximum absolute atomic E-state index is 11.7. The van der Waals surface area contributed by atoms with Crippen molar-refractivity contribution in [2.45, 2.75) is 26.2 Å². The molecule has 0 aromatic heterocycles. The van der Waals surface area contributed by atoms with E-state index in [-0.39, 0.29) is 11.5 Å². The zero-order chi connectivity index (χ0) is 11.3. The van der Waals surface area contributed by atoms with Gasteiger partial charge in [0.25, 0.3) is 0 Å². The molecular weight excluding hydrogens is 212 g/mol. The molecular formula is C12H15ClO2. The molecule has 0 atom stereocenters. The summed E-state index contributed by atoms with van der Waals surface area (Å²) in [4.78, 5) is 11.7. The molecule has 0 unspecified atom stereocenters. The van der Waals surface area contributed by atoms with Crippen LogP contribution >= 0.6 is 11.6 Å². The number of alkyl halides is 1. The molecule has 0 fully saturated rings. The number of carbonyl (C=O) groups excluding carboxylic acids is 1. The van der Waals surface area contributed by atoms with Crippen LogP contribution in [0, 0.1) is 0 Å². The fraction of sp³-hybridized carbons (Fsp3) is 0.417. The van der Waals surface area contributed by atoms with Crippen LogP contribution in [0.5, 0.6) is 5.75 Å². The fourth-order valence-electron chi connectivity index (χ4n) is 1.39. The summed E-state index contributed by atoms with van der Waals surface area (Å²) in [5.41, 5.74) is 1.47. The van der Waals surface area contributed by atoms with Gasteiger partial charge < -0.3 is 5.11 Å². The number of ketones is 1. The van der Waals surface area contributed by atoms with Gasteiger partial charge in [-0.3, -0.25) is 4.79 Å². The van der Waals surface area contributed by atoms with Crippen molar-refractivity contribution in [3.05, 3.63) is 29.3 Å². The van der Waals surface area contributed by atoms with E-state index in [2.05, 4.69) is 0 Å². The first kappa shape index (κ1) is 12.1. The molecule has 15 heavy (non-hydrogen) atoms. The van der Waals surface area contributed by atoms with Crippen LogP contribution in [-0.4, -0.2) is 16.8 Å². The van der Waals surface area contributed by atoms with Crippen LogP contribution in [0.25, 0.3) is 0 Å². The highest BCUT2D eigenvalue weighted by Gasteiger charge is 2.10. The van der Waals surface area contributed by atoms with E-state index in [1.807, 2.05) is 13.0 Å². The van der Waals surface area contributed by atoms with E-state index >= 15 is 0 Å². The molecule has 2 nitrogen and oxygen atoms in total. The third-order valence-corrected chi connectivity index (χ3v) is 2.57. The number of Topliss-reactive ketones (excluding diaryl/α,β-unsaturated/α-hetero) is 1. The zero-order valence-electron chi connectivity index (χ0n) is 8.79. The van der Waals surface area contributed by atoms with Crippen LogP contribution in [0.2, 0.25) is 0 Å². The topological polar surface area (TPSA) is 37.3 Å². The number of hydrogen-bond donors (Lipinski definition) is 1. The molecule has 1 aromatic rings. The summed E-state index contributed by atoms with van der Waals surface area (Å²) in [6.07, 6.45) is 1.90. The molecule has 1 N–H and O–H groups in total. The summed E-state index contributed by atoms with van der Waals surface area (Å²) in [5.74, 6) is 0.496. The predicted octanol–water partition coefficient (Wildman–Crippen LogP) is 3.16. The van der Waals surface area contributed by atoms with Crippen LogP contribution in [0.3, 0.4) is 0 Å². The minimum Gasteiger partial charge on any atom is -0.507 e. The Morgan fingerprint density at radius 2 is 2.20 bits per heavy atom. The van der Waals surface area contributed by atoms with Crippen LogP contribution in [-0.2, 0) is 6.42 Å². The summed E-state index contributed by atoms with van der Waals surface area (Å²) < 4.78 is 0. The molecule has 0 aliphatic rings. The van der Waals surface area contributed by atoms with E-state index in [4.69, 9.17) is 11.6 Å². The van der Waals surface area contributed by atoms with Gasteiger partial charge in [0.1, 0.15) is 5.75 Å². The van der Waals surface area contributed by atoms with Gasteiger partial charge >= 0.3 is 0 Å². The minimum absolute atomic E-state index is 0.0385. The Labute approximate surface area is 94.9 Å². The number of benzene rings is 1. The largest absolute Gasteiger partial charge is 0.507 e. The number of aromatic hydroxyl groups is 1. The Balaban J connectivity index is 2.86. The van der Waals surface area contributed by atoms with Gasteiger partial charge in [-0.15, -0.1) is 11.6 Å². The second kappa shape index (κ2) is 5.76. The molecule has 0 saturated heterocycles. The molecule has 0 heterocycles. The Hall–Kier alpha value is -1.02. The highest BCUT2D eigenvalue weighted by molar-refractivity contribution is 6.18. The van der Waals surface area contributed by atoms with E-state index in [1.54, 1.807) is 12.1 Å². The molecule has 3 heteroatoms. The predicted molar refractivity (Wildman–Crippen MR) is 61.8 cm³/mol. The monoisotopic (exact) mass is 226 g/mol. The van der Waals surface area contributed by atoms with E-state index in [0.29, 0.717) is 24.3 Å². The van der Waals surface area contributed by atoms with Gasteiger partial charge in [0.2, 0.25) is 0 Å². The number of hydrogen-bond acceptors (Lipinski definition) is 2. The number of rotatable bonds is 5. The van der Waals surface area contributed by atoms with Gasteiger partial charge in [0.15, 0.2) is 5.78 Å². The number of aryl methyl sites for hydroxylation is 1. The van der Waals surface area contributed by atoms with E-state index in [0.717, 1.165) is 12.0 Å². The van der Waals surface area contributed by atoms with Crippen molar-refractivity contribution in [2.75, 3.05) is 5.88 Å². The highest BCUT2D eigenvalue weighted by atomic mass is 35.5. The average molecular weight is 227 g/mol. The zero-order valence-corrected chi connectivity index (χ0v) is 9.55. The van der Waals surface area contributed by atoms with Crippen LogP contribution in [0.4, 0.5) is 0 Å². The first-order chi connectivity index (χ1) is 7.19. The summed E-state index contributed by atoms with van der Waals surface area (Å²) in [6, 6.07) is 5.16. The lowest BCUT2D eigenvalue weighted by atomic mass is 10.0. The Bertz CT molecular complexity index is 347. The van der Waals surface area contributed by atoms with E-state index in [9.17, 15) is 9.90 Å². The smallest absolute Gasteiger partial charge is 0.166 e. The van der Waals surface area contributed by atoms with Crippen molar-refractivity contribution >= 4 is 17.4 Å². The fourth-order valence-corrected chi connectivity index (χ4v) is 1.52. The maximum Gasteiger partial charge on any atom is 0.166 e. The molecule has 0 aliphatic carbocycles. The van der Waals surface area contributed by atoms with E-state index in [1.165, 1.54) is 0 Å². The molecule has 1 aromatic carbocycles. The molecule has 0 radical (unpaired) electrons. The number of phenolic OH excluding ortho intramolecular Hbond substituents is 1. The lowest BCUT2D eigenvalue weighted by Gasteiger charge is -2.05. The number of carbonyl (C=O) groups is 1. The summed E-state index contributed by atoms with van der Waals surface area (Å²) in [7, 11) is 0. The van der Waals surface area contributed by atoms with Crippen molar-refractivity contribution < 1.29 is 9.90 Å². The molecule has 82 valence electrons. The minimum atomic E-state index is -0.0385. The second-order valence-corrected chi connectivity index (χ2v) is 3.80. The van der Waals surface area contributed by atoms with Crippen LogP contribution < -0.4 is 0 Å². The van der Waals surface area contributed by atoms with Gasteiger partial charge in [-0.25, -0.2) is 0 Å². The van der Waals surface area contributed by atoms with Crippen LogP contribution in [0.15, 0.2) is 18.2 Å². The number of halogens is 1. The Morgan fingerprint density at radius 1 is 1.47 bits per heavy atom.